The van der Waals surface area contributed by atoms with Crippen molar-refractivity contribution in [3.05, 3.63) is 23.2 Å². The Bertz CT molecular complexity index is 1200. The molecule has 1 saturated heterocycles. The predicted molar refractivity (Wildman–Crippen MR) is 117 cm³/mol. The van der Waals surface area contributed by atoms with Gasteiger partial charge in [-0.05, 0) is 6.42 Å². The van der Waals surface area contributed by atoms with E-state index in [1.807, 2.05) is 0 Å². The van der Waals surface area contributed by atoms with Crippen molar-refractivity contribution in [3.8, 4) is 0 Å². The van der Waals surface area contributed by atoms with E-state index in [2.05, 4.69) is 19.9 Å². The van der Waals surface area contributed by atoms with Gasteiger partial charge in [0.15, 0.2) is 16.9 Å². The van der Waals surface area contributed by atoms with Gasteiger partial charge in [-0.25, -0.2) is 18.3 Å². The van der Waals surface area contributed by atoms with E-state index in [1.54, 1.807) is 0 Å². The van der Waals surface area contributed by atoms with Crippen LogP contribution in [0.5, 0.6) is 0 Å². The number of rotatable bonds is 8. The van der Waals surface area contributed by atoms with Crippen LogP contribution in [0.25, 0.3) is 5.52 Å². The lowest BCUT2D eigenvalue weighted by atomic mass is 10.1. The Labute approximate surface area is 201 Å². The molecule has 2 aromatic rings. The van der Waals surface area contributed by atoms with Gasteiger partial charge in [0, 0.05) is 24.9 Å². The lowest BCUT2D eigenvalue weighted by Gasteiger charge is -2.18. The first kappa shape index (κ1) is 26.8. The standard InChI is InChI=1S/C17H23ClF2N4O9P2/c18-12-3-9(22-8-1-2-17(19,20)4-8)10-5-21-16(24(10)23-12)15-14(26)13(25)11(33-15)6-32-35(30,31)7-34(27,28)29/h3,5,8,11,13-15,22,25-26H,1-2,4,6-7H2,(H,30,31)(H2,27,28,29)/t8?,11-,13-,14?,15-/m1/s1. The molecule has 0 radical (unpaired) electrons. The third-order valence-corrected chi connectivity index (χ3v) is 9.32. The zero-order valence-corrected chi connectivity index (χ0v) is 20.4. The number of nitrogens with one attached hydrogen (secondary N) is 1. The van der Waals surface area contributed by atoms with Crippen LogP contribution in [0.2, 0.25) is 5.15 Å². The molecular formula is C17H23ClF2N4O9P2. The number of alkyl halides is 2. The first-order chi connectivity index (χ1) is 16.1. The Morgan fingerprint density at radius 2 is 2.00 bits per heavy atom. The number of hydrogen-bond acceptors (Lipinski definition) is 9. The second-order valence-corrected chi connectivity index (χ2v) is 12.9. The molecule has 2 aliphatic rings. The van der Waals surface area contributed by atoms with Crippen LogP contribution in [0.3, 0.4) is 0 Å². The third-order valence-electron chi connectivity index (χ3n) is 5.68. The predicted octanol–water partition coefficient (Wildman–Crippen LogP) is 1.48. The normalized spacial score (nSPS) is 30.6. The maximum absolute atomic E-state index is 13.6. The molecule has 1 saturated carbocycles. The topological polar surface area (TPSA) is 196 Å². The fourth-order valence-electron chi connectivity index (χ4n) is 4.13. The number of halogens is 3. The highest BCUT2D eigenvalue weighted by molar-refractivity contribution is 7.70. The average molecular weight is 563 g/mol. The number of nitrogens with zero attached hydrogens (tertiary/aromatic N) is 3. The van der Waals surface area contributed by atoms with Crippen LogP contribution >= 0.6 is 26.8 Å². The summed E-state index contributed by atoms with van der Waals surface area (Å²) in [5.41, 5.74) is 0.712. The SMILES string of the molecule is O=P(O)(O)CP(=O)(O)OC[C@H]1O[C@@H](c2ncc3c(NC4CCC(F)(F)C4)cc(Cl)nn23)C(O)[C@@H]1O. The summed E-state index contributed by atoms with van der Waals surface area (Å²) >= 11 is 6.10. The van der Waals surface area contributed by atoms with Gasteiger partial charge in [-0.15, -0.1) is 0 Å². The lowest BCUT2D eigenvalue weighted by molar-refractivity contribution is -0.0217. The second kappa shape index (κ2) is 9.56. The molecule has 1 aliphatic carbocycles. The van der Waals surface area contributed by atoms with Gasteiger partial charge in [0.1, 0.15) is 29.9 Å². The number of fused-ring (bicyclic) bond motifs is 1. The van der Waals surface area contributed by atoms with E-state index in [1.165, 1.54) is 16.8 Å². The number of aromatic nitrogens is 3. The minimum absolute atomic E-state index is 0.00116. The average Bonchev–Trinajstić information content (AvgIpc) is 3.35. The summed E-state index contributed by atoms with van der Waals surface area (Å²) in [6.07, 6.45) is -4.85. The highest BCUT2D eigenvalue weighted by Crippen LogP contribution is 2.55. The molecule has 1 aliphatic heterocycles. The number of ether oxygens (including phenoxy) is 1. The fourth-order valence-corrected chi connectivity index (χ4v) is 6.89. The molecule has 3 unspecified atom stereocenters. The summed E-state index contributed by atoms with van der Waals surface area (Å²) in [4.78, 5) is 31.5. The highest BCUT2D eigenvalue weighted by atomic mass is 35.5. The molecule has 6 N–H and O–H groups in total. The third kappa shape index (κ3) is 6.19. The molecule has 35 heavy (non-hydrogen) atoms. The van der Waals surface area contributed by atoms with Crippen LogP contribution in [0.15, 0.2) is 12.3 Å². The van der Waals surface area contributed by atoms with E-state index in [-0.39, 0.29) is 30.2 Å². The Hall–Kier alpha value is -1.25. The van der Waals surface area contributed by atoms with Crippen LogP contribution in [0.4, 0.5) is 14.5 Å². The van der Waals surface area contributed by atoms with Crippen molar-refractivity contribution in [2.24, 2.45) is 0 Å². The lowest BCUT2D eigenvalue weighted by Crippen LogP contribution is -2.33. The van der Waals surface area contributed by atoms with E-state index >= 15 is 0 Å². The quantitative estimate of drug-likeness (QED) is 0.254. The Kier molecular flexibility index (Phi) is 7.32. The molecule has 6 atom stereocenters. The fraction of sp³-hybridized carbons (Fsp3) is 0.647. The molecule has 0 amide bonds. The van der Waals surface area contributed by atoms with E-state index in [9.17, 15) is 33.0 Å². The largest absolute Gasteiger partial charge is 0.387 e. The van der Waals surface area contributed by atoms with Crippen molar-refractivity contribution in [2.45, 2.75) is 55.6 Å². The van der Waals surface area contributed by atoms with Crippen molar-refractivity contribution in [1.29, 1.82) is 0 Å². The van der Waals surface area contributed by atoms with Crippen LogP contribution in [0.1, 0.15) is 31.2 Å². The molecule has 196 valence electrons. The van der Waals surface area contributed by atoms with Crippen molar-refractivity contribution in [3.63, 3.8) is 0 Å². The zero-order valence-electron chi connectivity index (χ0n) is 17.8. The van der Waals surface area contributed by atoms with Crippen molar-refractivity contribution < 1.29 is 52.1 Å². The van der Waals surface area contributed by atoms with Crippen LogP contribution in [-0.2, 0) is 18.4 Å². The van der Waals surface area contributed by atoms with E-state index in [4.69, 9.17) is 26.1 Å². The summed E-state index contributed by atoms with van der Waals surface area (Å²) in [5.74, 6) is -4.20. The second-order valence-electron chi connectivity index (χ2n) is 8.55. The molecule has 0 aromatic carbocycles. The molecule has 0 spiro atoms. The Morgan fingerprint density at radius 3 is 2.63 bits per heavy atom. The number of anilines is 1. The van der Waals surface area contributed by atoms with Gasteiger partial charge in [0.2, 0.25) is 5.92 Å². The molecule has 0 bridgehead atoms. The molecule has 2 aromatic heterocycles. The van der Waals surface area contributed by atoms with Crippen molar-refractivity contribution in [2.75, 3.05) is 17.8 Å². The number of aliphatic hydroxyl groups is 2. The van der Waals surface area contributed by atoms with Gasteiger partial charge in [0.05, 0.1) is 18.5 Å². The summed E-state index contributed by atoms with van der Waals surface area (Å²) in [6, 6.07) is 0.931. The van der Waals surface area contributed by atoms with Crippen molar-refractivity contribution in [1.82, 2.24) is 14.6 Å². The molecule has 13 nitrogen and oxygen atoms in total. The van der Waals surface area contributed by atoms with Gasteiger partial charge in [-0.1, -0.05) is 11.6 Å². The smallest absolute Gasteiger partial charge is 0.340 e. The van der Waals surface area contributed by atoms with E-state index in [0.717, 1.165) is 0 Å². The summed E-state index contributed by atoms with van der Waals surface area (Å²) < 4.78 is 61.5. The molecular weight excluding hydrogens is 540 g/mol. The maximum atomic E-state index is 13.6. The molecule has 4 rings (SSSR count). The van der Waals surface area contributed by atoms with Crippen LogP contribution in [0, 0.1) is 0 Å². The number of hydrogen-bond donors (Lipinski definition) is 6. The monoisotopic (exact) mass is 562 g/mol. The van der Waals surface area contributed by atoms with Crippen LogP contribution in [-0.4, -0.2) is 82.3 Å². The van der Waals surface area contributed by atoms with Gasteiger partial charge in [0.25, 0.3) is 0 Å². The summed E-state index contributed by atoms with van der Waals surface area (Å²) in [5, 5.41) is 27.9. The van der Waals surface area contributed by atoms with E-state index < -0.39 is 64.1 Å². The minimum Gasteiger partial charge on any atom is -0.387 e. The van der Waals surface area contributed by atoms with Gasteiger partial charge in [-0.2, -0.15) is 5.10 Å². The maximum Gasteiger partial charge on any atom is 0.340 e. The number of aliphatic hydroxyl groups excluding tert-OH is 2. The first-order valence-corrected chi connectivity index (χ1v) is 14.3. The van der Waals surface area contributed by atoms with Gasteiger partial charge >= 0.3 is 15.2 Å². The molecule has 18 heteroatoms. The Morgan fingerprint density at radius 1 is 1.29 bits per heavy atom. The van der Waals surface area contributed by atoms with E-state index in [0.29, 0.717) is 11.2 Å². The Balaban J connectivity index is 1.53. The minimum atomic E-state index is -4.86. The summed E-state index contributed by atoms with van der Waals surface area (Å²) in [7, 11) is -9.57. The first-order valence-electron chi connectivity index (χ1n) is 10.4. The summed E-state index contributed by atoms with van der Waals surface area (Å²) in [6.45, 7) is -0.761. The zero-order chi connectivity index (χ0) is 25.8. The highest BCUT2D eigenvalue weighted by Gasteiger charge is 2.47. The molecule has 3 heterocycles. The van der Waals surface area contributed by atoms with Crippen molar-refractivity contribution >= 4 is 38.0 Å². The number of imidazole rings is 1. The molecule has 2 fully saturated rings. The van der Waals surface area contributed by atoms with Gasteiger partial charge in [-0.3, -0.25) is 9.13 Å². The van der Waals surface area contributed by atoms with Crippen LogP contribution < -0.4 is 5.32 Å². The van der Waals surface area contributed by atoms with Gasteiger partial charge < -0.3 is 39.5 Å².